The van der Waals surface area contributed by atoms with Gasteiger partial charge in [-0.25, -0.2) is 0 Å². The largest absolute Gasteiger partial charge is 0.395 e. The fourth-order valence-electron chi connectivity index (χ4n) is 1.13. The summed E-state index contributed by atoms with van der Waals surface area (Å²) < 4.78 is 1.95. The molecule has 0 aromatic carbocycles. The lowest BCUT2D eigenvalue weighted by Crippen LogP contribution is -2.22. The van der Waals surface area contributed by atoms with Crippen molar-refractivity contribution in [2.45, 2.75) is 32.9 Å². The first kappa shape index (κ1) is 11.2. The summed E-state index contributed by atoms with van der Waals surface area (Å²) in [7, 11) is 0. The van der Waals surface area contributed by atoms with Crippen LogP contribution in [0.4, 0.5) is 0 Å². The van der Waals surface area contributed by atoms with Crippen molar-refractivity contribution in [1.82, 2.24) is 15.1 Å². The second-order valence-electron chi connectivity index (χ2n) is 4.36. The second kappa shape index (κ2) is 4.57. The van der Waals surface area contributed by atoms with Crippen molar-refractivity contribution >= 4 is 0 Å². The van der Waals surface area contributed by atoms with Gasteiger partial charge >= 0.3 is 0 Å². The second-order valence-corrected chi connectivity index (χ2v) is 4.36. The highest BCUT2D eigenvalue weighted by Crippen LogP contribution is 2.12. The number of rotatable bonds is 4. The van der Waals surface area contributed by atoms with Gasteiger partial charge in [-0.1, -0.05) is 0 Å². The lowest BCUT2D eigenvalue weighted by atomic mass is 10.1. The zero-order chi connectivity index (χ0) is 10.6. The van der Waals surface area contributed by atoms with Crippen LogP contribution in [0, 0.1) is 0 Å². The molecule has 4 heteroatoms. The van der Waals surface area contributed by atoms with Crippen LogP contribution in [0.5, 0.6) is 0 Å². The van der Waals surface area contributed by atoms with Gasteiger partial charge in [0.2, 0.25) is 0 Å². The van der Waals surface area contributed by atoms with Crippen LogP contribution < -0.4 is 5.32 Å². The number of hydrogen-bond acceptors (Lipinski definition) is 3. The average molecular weight is 197 g/mol. The number of nitrogens with one attached hydrogen (secondary N) is 1. The van der Waals surface area contributed by atoms with Crippen LogP contribution in [0.3, 0.4) is 0 Å². The minimum atomic E-state index is 0.0369. The molecule has 0 bridgehead atoms. The normalized spacial score (nSPS) is 12.0. The lowest BCUT2D eigenvalue weighted by Gasteiger charge is -2.18. The maximum Gasteiger partial charge on any atom is 0.0556 e. The highest BCUT2D eigenvalue weighted by molar-refractivity contribution is 5.04. The van der Waals surface area contributed by atoms with Crippen LogP contribution in [0.15, 0.2) is 12.4 Å². The van der Waals surface area contributed by atoms with Crippen molar-refractivity contribution < 1.29 is 5.11 Å². The zero-order valence-electron chi connectivity index (χ0n) is 9.12. The van der Waals surface area contributed by atoms with Crippen LogP contribution >= 0.6 is 0 Å². The van der Waals surface area contributed by atoms with Gasteiger partial charge in [-0.2, -0.15) is 5.10 Å². The van der Waals surface area contributed by atoms with Gasteiger partial charge in [-0.15, -0.1) is 0 Å². The van der Waals surface area contributed by atoms with Crippen molar-refractivity contribution in [2.75, 3.05) is 13.2 Å². The van der Waals surface area contributed by atoms with Gasteiger partial charge < -0.3 is 10.4 Å². The molecule has 0 saturated heterocycles. The van der Waals surface area contributed by atoms with Crippen LogP contribution in [0.1, 0.15) is 26.3 Å². The molecular formula is C10H19N3O. The molecule has 1 aromatic heterocycles. The summed E-state index contributed by atoms with van der Waals surface area (Å²) in [6, 6.07) is 0. The zero-order valence-corrected chi connectivity index (χ0v) is 9.12. The molecule has 4 nitrogen and oxygen atoms in total. The fraction of sp³-hybridized carbons (Fsp3) is 0.700. The summed E-state index contributed by atoms with van der Waals surface area (Å²) in [5, 5.41) is 16.0. The Labute approximate surface area is 84.9 Å². The maximum atomic E-state index is 8.60. The molecule has 0 saturated carbocycles. The third kappa shape index (κ3) is 3.12. The fourth-order valence-corrected chi connectivity index (χ4v) is 1.13. The third-order valence-electron chi connectivity index (χ3n) is 1.94. The molecule has 0 aliphatic carbocycles. The summed E-state index contributed by atoms with van der Waals surface area (Å²) in [4.78, 5) is 0. The molecule has 0 aliphatic heterocycles. The number of aliphatic hydroxyl groups excluding tert-OH is 1. The number of aromatic nitrogens is 2. The first-order valence-electron chi connectivity index (χ1n) is 4.89. The van der Waals surface area contributed by atoms with Gasteiger partial charge in [-0.05, 0) is 20.8 Å². The van der Waals surface area contributed by atoms with E-state index in [-0.39, 0.29) is 12.1 Å². The molecule has 0 aliphatic rings. The van der Waals surface area contributed by atoms with Crippen molar-refractivity contribution in [3.63, 3.8) is 0 Å². The summed E-state index contributed by atoms with van der Waals surface area (Å²) in [6.45, 7) is 7.91. The van der Waals surface area contributed by atoms with Crippen LogP contribution in [-0.2, 0) is 12.1 Å². The Morgan fingerprint density at radius 3 is 2.71 bits per heavy atom. The van der Waals surface area contributed by atoms with Crippen LogP contribution in [0.2, 0.25) is 0 Å². The number of hydrogen-bond donors (Lipinski definition) is 2. The van der Waals surface area contributed by atoms with Crippen LogP contribution in [0.25, 0.3) is 0 Å². The molecule has 0 atom stereocenters. The minimum absolute atomic E-state index is 0.0369. The molecule has 1 aromatic rings. The Balaban J connectivity index is 2.51. The topological polar surface area (TPSA) is 50.1 Å². The minimum Gasteiger partial charge on any atom is -0.395 e. The van der Waals surface area contributed by atoms with E-state index < -0.39 is 0 Å². The third-order valence-corrected chi connectivity index (χ3v) is 1.94. The van der Waals surface area contributed by atoms with E-state index >= 15 is 0 Å². The molecule has 1 rings (SSSR count). The number of aliphatic hydroxyl groups is 1. The molecule has 0 amide bonds. The van der Waals surface area contributed by atoms with Gasteiger partial charge in [0.05, 0.1) is 18.3 Å². The molecule has 2 N–H and O–H groups in total. The van der Waals surface area contributed by atoms with Crippen molar-refractivity contribution in [1.29, 1.82) is 0 Å². The first-order valence-corrected chi connectivity index (χ1v) is 4.89. The van der Waals surface area contributed by atoms with Crippen molar-refractivity contribution in [3.05, 3.63) is 18.0 Å². The first-order chi connectivity index (χ1) is 6.54. The quantitative estimate of drug-likeness (QED) is 0.699. The van der Waals surface area contributed by atoms with Gasteiger partial charge in [0.25, 0.3) is 0 Å². The summed E-state index contributed by atoms with van der Waals surface area (Å²) in [5.74, 6) is 0. The Morgan fingerprint density at radius 2 is 2.21 bits per heavy atom. The van der Waals surface area contributed by atoms with E-state index in [4.69, 9.17) is 5.11 Å². The van der Waals surface area contributed by atoms with E-state index in [2.05, 4.69) is 31.2 Å². The van der Waals surface area contributed by atoms with E-state index in [1.54, 1.807) is 0 Å². The van der Waals surface area contributed by atoms with Gasteiger partial charge in [0.15, 0.2) is 0 Å². The lowest BCUT2D eigenvalue weighted by molar-refractivity contribution is 0.292. The van der Waals surface area contributed by atoms with Crippen molar-refractivity contribution in [3.8, 4) is 0 Å². The monoisotopic (exact) mass is 197 g/mol. The van der Waals surface area contributed by atoms with E-state index in [1.807, 2.05) is 17.1 Å². The molecule has 80 valence electrons. The predicted octanol–water partition coefficient (Wildman–Crippen LogP) is 0.720. The molecule has 1 heterocycles. The standard InChI is InChI=1S/C10H19N3O/c1-10(2,3)13-8-9(7-12-13)6-11-4-5-14/h7-8,11,14H,4-6H2,1-3H3. The summed E-state index contributed by atoms with van der Waals surface area (Å²) >= 11 is 0. The molecule has 14 heavy (non-hydrogen) atoms. The highest BCUT2D eigenvalue weighted by atomic mass is 16.3. The SMILES string of the molecule is CC(C)(C)n1cc(CNCCO)cn1. The highest BCUT2D eigenvalue weighted by Gasteiger charge is 2.13. The van der Waals surface area contributed by atoms with Gasteiger partial charge in [-0.3, -0.25) is 4.68 Å². The van der Waals surface area contributed by atoms with Gasteiger partial charge in [0.1, 0.15) is 0 Å². The number of nitrogens with zero attached hydrogens (tertiary/aromatic N) is 2. The van der Waals surface area contributed by atoms with E-state index in [0.717, 1.165) is 12.1 Å². The Hall–Kier alpha value is -0.870. The van der Waals surface area contributed by atoms with Gasteiger partial charge in [0, 0.05) is 24.8 Å². The molecule has 0 unspecified atom stereocenters. The Kier molecular flexibility index (Phi) is 3.66. The molecule has 0 fully saturated rings. The molecule has 0 spiro atoms. The van der Waals surface area contributed by atoms with Crippen molar-refractivity contribution in [2.24, 2.45) is 0 Å². The summed E-state index contributed by atoms with van der Waals surface area (Å²) in [5.41, 5.74) is 1.18. The predicted molar refractivity (Wildman–Crippen MR) is 56.0 cm³/mol. The Morgan fingerprint density at radius 1 is 1.50 bits per heavy atom. The molecule has 0 radical (unpaired) electrons. The summed E-state index contributed by atoms with van der Waals surface area (Å²) in [6.07, 6.45) is 3.89. The van der Waals surface area contributed by atoms with E-state index in [9.17, 15) is 0 Å². The van der Waals surface area contributed by atoms with Crippen LogP contribution in [-0.4, -0.2) is 28.0 Å². The smallest absolute Gasteiger partial charge is 0.0556 e. The maximum absolute atomic E-state index is 8.60. The van der Waals surface area contributed by atoms with E-state index in [1.165, 1.54) is 0 Å². The molecular weight excluding hydrogens is 178 g/mol. The average Bonchev–Trinajstić information content (AvgIpc) is 2.52. The Bertz CT molecular complexity index is 275. The van der Waals surface area contributed by atoms with E-state index in [0.29, 0.717) is 6.54 Å².